The van der Waals surface area contributed by atoms with Gasteiger partial charge in [0.1, 0.15) is 6.04 Å². The van der Waals surface area contributed by atoms with Crippen molar-refractivity contribution in [1.82, 2.24) is 26.2 Å². The minimum atomic E-state index is -0.916. The van der Waals surface area contributed by atoms with Gasteiger partial charge in [0.25, 0.3) is 0 Å². The highest BCUT2D eigenvalue weighted by Crippen LogP contribution is 2.26. The van der Waals surface area contributed by atoms with E-state index in [4.69, 9.17) is 5.11 Å². The number of nitrogens with one attached hydrogen (secondary N) is 4. The van der Waals surface area contributed by atoms with Crippen LogP contribution in [-0.4, -0.2) is 70.3 Å². The number of urea groups is 1. The third-order valence-electron chi connectivity index (χ3n) is 7.91. The minimum absolute atomic E-state index is 0.0955. The summed E-state index contributed by atoms with van der Waals surface area (Å²) in [6.45, 7) is 7.11. The van der Waals surface area contributed by atoms with E-state index in [0.29, 0.717) is 32.6 Å². The first-order valence-electron chi connectivity index (χ1n) is 15.5. The quantitative estimate of drug-likeness (QED) is 0.175. The third-order valence-corrected chi connectivity index (χ3v) is 7.91. The molecule has 0 saturated carbocycles. The summed E-state index contributed by atoms with van der Waals surface area (Å²) in [5.74, 6) is -0.416. The van der Waals surface area contributed by atoms with Gasteiger partial charge in [0.05, 0.1) is 12.7 Å². The van der Waals surface area contributed by atoms with Gasteiger partial charge >= 0.3 is 6.03 Å². The number of aliphatic hydroxyl groups is 2. The molecule has 45 heavy (non-hydrogen) atoms. The first-order chi connectivity index (χ1) is 21.6. The fraction of sp³-hybridized carbons (Fsp3) is 0.400. The summed E-state index contributed by atoms with van der Waals surface area (Å²) in [4.78, 5) is 40.7. The highest BCUT2D eigenvalue weighted by atomic mass is 16.3. The molecular weight excluding hydrogens is 570 g/mol. The lowest BCUT2D eigenvalue weighted by Gasteiger charge is -2.29. The smallest absolute Gasteiger partial charge is 0.315 e. The van der Waals surface area contributed by atoms with Crippen molar-refractivity contribution < 1.29 is 24.6 Å². The molecular formula is C35H45N5O5. The number of benzene rings is 3. The van der Waals surface area contributed by atoms with Crippen molar-refractivity contribution in [3.63, 3.8) is 0 Å². The molecule has 10 nitrogen and oxygen atoms in total. The average Bonchev–Trinajstić information content (AvgIpc) is 3.15. The molecule has 0 spiro atoms. The molecule has 2 atom stereocenters. The molecule has 1 aliphatic heterocycles. The van der Waals surface area contributed by atoms with E-state index in [-0.39, 0.29) is 37.4 Å². The Morgan fingerprint density at radius 1 is 0.978 bits per heavy atom. The van der Waals surface area contributed by atoms with Gasteiger partial charge in [0, 0.05) is 51.1 Å². The summed E-state index contributed by atoms with van der Waals surface area (Å²) in [5, 5.41) is 30.5. The zero-order valence-corrected chi connectivity index (χ0v) is 26.3. The number of fused-ring (bicyclic) bond motifs is 1. The van der Waals surface area contributed by atoms with Gasteiger partial charge in [-0.1, -0.05) is 72.8 Å². The number of aliphatic hydroxyl groups excluding tert-OH is 2. The largest absolute Gasteiger partial charge is 0.394 e. The molecule has 3 aromatic rings. The molecule has 0 fully saturated rings. The van der Waals surface area contributed by atoms with Crippen LogP contribution >= 0.6 is 0 Å². The van der Waals surface area contributed by atoms with Crippen molar-refractivity contribution in [2.45, 2.75) is 70.9 Å². The Kier molecular flexibility index (Phi) is 11.7. The second-order valence-electron chi connectivity index (χ2n) is 12.1. The molecule has 240 valence electrons. The monoisotopic (exact) mass is 615 g/mol. The standard InChI is InChI=1S/C35H45N5O5/c1-4-36-34(45)37-19-27-10-7-8-12-30(27)25-15-13-24(14-16-25)21-40-22-28-11-6-5-9-26(28)17-31(33(40)44)39-32(43)18-35(2,3)38-20-29(42)23-41/h5-16,29,31,38,41-42H,4,17-23H2,1-3H3,(H,39,43)(H2,36,37,45)/t29-,31+/m0/s1. The molecule has 6 N–H and O–H groups in total. The summed E-state index contributed by atoms with van der Waals surface area (Å²) in [7, 11) is 0. The number of nitrogens with zero attached hydrogens (tertiary/aromatic N) is 1. The van der Waals surface area contributed by atoms with E-state index >= 15 is 0 Å². The molecule has 1 heterocycles. The Hall–Kier alpha value is -4.25. The van der Waals surface area contributed by atoms with Crippen LogP contribution in [0.2, 0.25) is 0 Å². The van der Waals surface area contributed by atoms with Crippen LogP contribution in [0.25, 0.3) is 11.1 Å². The maximum Gasteiger partial charge on any atom is 0.315 e. The highest BCUT2D eigenvalue weighted by molar-refractivity contribution is 5.89. The normalized spacial score (nSPS) is 15.5. The van der Waals surface area contributed by atoms with E-state index in [1.165, 1.54) is 0 Å². The van der Waals surface area contributed by atoms with E-state index < -0.39 is 17.7 Å². The maximum atomic E-state index is 13.9. The lowest BCUT2D eigenvalue weighted by molar-refractivity contribution is -0.137. The van der Waals surface area contributed by atoms with Crippen LogP contribution in [-0.2, 0) is 35.6 Å². The minimum Gasteiger partial charge on any atom is -0.394 e. The Morgan fingerprint density at radius 2 is 1.67 bits per heavy atom. The first kappa shape index (κ1) is 33.6. The van der Waals surface area contributed by atoms with Gasteiger partial charge in [-0.3, -0.25) is 9.59 Å². The summed E-state index contributed by atoms with van der Waals surface area (Å²) >= 11 is 0. The second kappa shape index (κ2) is 15.7. The highest BCUT2D eigenvalue weighted by Gasteiger charge is 2.32. The molecule has 0 bridgehead atoms. The molecule has 1 aliphatic rings. The topological polar surface area (TPSA) is 143 Å². The SMILES string of the molecule is CCNC(=O)NCc1ccccc1-c1ccc(CN2Cc3ccccc3C[C@@H](NC(=O)CC(C)(C)NC[C@H](O)CO)C2=O)cc1. The van der Waals surface area contributed by atoms with Crippen molar-refractivity contribution in [3.8, 4) is 11.1 Å². The van der Waals surface area contributed by atoms with Crippen LogP contribution < -0.4 is 21.3 Å². The number of rotatable bonds is 13. The molecule has 0 aliphatic carbocycles. The number of amides is 4. The van der Waals surface area contributed by atoms with Crippen molar-refractivity contribution in [3.05, 3.63) is 95.1 Å². The van der Waals surface area contributed by atoms with Crippen molar-refractivity contribution in [2.75, 3.05) is 19.7 Å². The van der Waals surface area contributed by atoms with E-state index in [0.717, 1.165) is 33.4 Å². The van der Waals surface area contributed by atoms with Crippen LogP contribution in [0, 0.1) is 0 Å². The van der Waals surface area contributed by atoms with Crippen LogP contribution in [0.3, 0.4) is 0 Å². The molecule has 0 unspecified atom stereocenters. The van der Waals surface area contributed by atoms with Gasteiger partial charge in [0.15, 0.2) is 0 Å². The molecule has 4 amide bonds. The second-order valence-corrected chi connectivity index (χ2v) is 12.1. The van der Waals surface area contributed by atoms with Gasteiger partial charge in [0.2, 0.25) is 11.8 Å². The van der Waals surface area contributed by atoms with Gasteiger partial charge < -0.3 is 36.4 Å². The summed E-state index contributed by atoms with van der Waals surface area (Å²) in [5.41, 5.74) is 5.41. The molecule has 0 radical (unpaired) electrons. The van der Waals surface area contributed by atoms with Crippen LogP contribution in [0.5, 0.6) is 0 Å². The fourth-order valence-electron chi connectivity index (χ4n) is 5.50. The van der Waals surface area contributed by atoms with Gasteiger partial charge in [-0.15, -0.1) is 0 Å². The van der Waals surface area contributed by atoms with Crippen LogP contribution in [0.4, 0.5) is 4.79 Å². The summed E-state index contributed by atoms with van der Waals surface area (Å²) in [6.07, 6.45) is -0.424. The number of carbonyl (C=O) groups excluding carboxylic acids is 3. The van der Waals surface area contributed by atoms with Crippen LogP contribution in [0.15, 0.2) is 72.8 Å². The number of hydrogen-bond acceptors (Lipinski definition) is 6. The Bertz CT molecular complexity index is 1460. The van der Waals surface area contributed by atoms with Crippen molar-refractivity contribution >= 4 is 17.8 Å². The van der Waals surface area contributed by atoms with Gasteiger partial charge in [-0.2, -0.15) is 0 Å². The first-order valence-corrected chi connectivity index (χ1v) is 15.5. The Balaban J connectivity index is 1.47. The van der Waals surface area contributed by atoms with Crippen molar-refractivity contribution in [1.29, 1.82) is 0 Å². The Morgan fingerprint density at radius 3 is 2.38 bits per heavy atom. The molecule has 0 aromatic heterocycles. The molecule has 4 rings (SSSR count). The molecule has 10 heteroatoms. The average molecular weight is 616 g/mol. The van der Waals surface area contributed by atoms with Gasteiger partial charge in [-0.25, -0.2) is 4.79 Å². The van der Waals surface area contributed by atoms with E-state index in [2.05, 4.69) is 21.3 Å². The number of hydrogen-bond donors (Lipinski definition) is 6. The van der Waals surface area contributed by atoms with Gasteiger partial charge in [-0.05, 0) is 54.2 Å². The molecule has 0 saturated heterocycles. The summed E-state index contributed by atoms with van der Waals surface area (Å²) in [6, 6.07) is 23.0. The fourth-order valence-corrected chi connectivity index (χ4v) is 5.50. The lowest BCUT2D eigenvalue weighted by atomic mass is 9.98. The van der Waals surface area contributed by atoms with Crippen LogP contribution in [0.1, 0.15) is 49.4 Å². The maximum absolute atomic E-state index is 13.9. The van der Waals surface area contributed by atoms with E-state index in [9.17, 15) is 19.5 Å². The van der Waals surface area contributed by atoms with Crippen molar-refractivity contribution in [2.24, 2.45) is 0 Å². The van der Waals surface area contributed by atoms with E-state index in [1.54, 1.807) is 4.90 Å². The lowest BCUT2D eigenvalue weighted by Crippen LogP contribution is -2.51. The van der Waals surface area contributed by atoms with E-state index in [1.807, 2.05) is 93.6 Å². The Labute approximate surface area is 265 Å². The third kappa shape index (κ3) is 9.62. The summed E-state index contributed by atoms with van der Waals surface area (Å²) < 4.78 is 0. The zero-order valence-electron chi connectivity index (χ0n) is 26.3. The predicted molar refractivity (Wildman–Crippen MR) is 174 cm³/mol. The zero-order chi connectivity index (χ0) is 32.4. The molecule has 3 aromatic carbocycles. The predicted octanol–water partition coefficient (Wildman–Crippen LogP) is 2.85. The number of carbonyl (C=O) groups is 3. The number of β-amino-alcohol motifs (C(OH)–C–C–N with tert-alkyl or cyclic N) is 1.